The monoisotopic (exact) mass is 348 g/mol. The molecule has 3 rings (SSSR count). The van der Waals surface area contributed by atoms with Gasteiger partial charge in [-0.3, -0.25) is 9.69 Å². The minimum absolute atomic E-state index is 0.232. The Hall–Kier alpha value is -1.17. The number of hydrogen-bond acceptors (Lipinski definition) is 4. The summed E-state index contributed by atoms with van der Waals surface area (Å²) in [5, 5.41) is 0. The second kappa shape index (κ2) is 8.02. The third-order valence-electron chi connectivity index (χ3n) is 5.83. The Morgan fingerprint density at radius 2 is 2.12 bits per heavy atom. The van der Waals surface area contributed by atoms with Gasteiger partial charge >= 0.3 is 0 Å². The number of carbonyl (C=O) groups excluding carboxylic acids is 1. The number of nitrogens with zero attached hydrogens (tertiary/aromatic N) is 2. The Morgan fingerprint density at radius 1 is 1.36 bits per heavy atom. The second-order valence-corrected chi connectivity index (χ2v) is 7.61. The van der Waals surface area contributed by atoms with Crippen LogP contribution in [0.15, 0.2) is 6.07 Å². The van der Waals surface area contributed by atoms with Crippen molar-refractivity contribution >= 4 is 5.78 Å². The van der Waals surface area contributed by atoms with Gasteiger partial charge in [-0.15, -0.1) is 0 Å². The van der Waals surface area contributed by atoms with E-state index in [2.05, 4.69) is 30.2 Å². The first-order chi connectivity index (χ1) is 12.0. The molecule has 1 aromatic rings. The number of Topliss-reactive ketones (excluding diaryl/α,β-unsaturated/α-hetero) is 1. The minimum atomic E-state index is 0.232. The third-order valence-corrected chi connectivity index (χ3v) is 5.83. The van der Waals surface area contributed by atoms with Gasteiger partial charge in [-0.25, -0.2) is 0 Å². The zero-order chi connectivity index (χ0) is 18.0. The third kappa shape index (κ3) is 3.83. The molecule has 1 aliphatic carbocycles. The van der Waals surface area contributed by atoms with Crippen molar-refractivity contribution in [2.24, 2.45) is 0 Å². The van der Waals surface area contributed by atoms with E-state index < -0.39 is 0 Å². The first kappa shape index (κ1) is 18.6. The van der Waals surface area contributed by atoms with Crippen LogP contribution in [0.1, 0.15) is 60.4 Å². The molecule has 1 aromatic heterocycles. The Bertz CT molecular complexity index is 608. The molecule has 0 radical (unpaired) electrons. The standard InChI is InChI=1S/C20H32N2O3/c1-14-11-17(16(3)22(14)15(2)13-24-4)19(23)12-21-9-10-25-20-8-6-5-7-18(20)21/h11,15,18,20H,5-10,12-13H2,1-4H3. The summed E-state index contributed by atoms with van der Waals surface area (Å²) < 4.78 is 13.4. The number of aromatic nitrogens is 1. The molecule has 1 saturated carbocycles. The molecule has 1 saturated heterocycles. The summed E-state index contributed by atoms with van der Waals surface area (Å²) in [6.07, 6.45) is 5.12. The highest BCUT2D eigenvalue weighted by Crippen LogP contribution is 2.29. The molecular formula is C20H32N2O3. The normalized spacial score (nSPS) is 25.6. The maximum Gasteiger partial charge on any atom is 0.178 e. The number of morpholine rings is 1. The lowest BCUT2D eigenvalue weighted by atomic mass is 9.90. The average Bonchev–Trinajstić information content (AvgIpc) is 2.90. The smallest absolute Gasteiger partial charge is 0.178 e. The van der Waals surface area contributed by atoms with E-state index >= 15 is 0 Å². The second-order valence-electron chi connectivity index (χ2n) is 7.61. The van der Waals surface area contributed by atoms with E-state index in [9.17, 15) is 4.79 Å². The van der Waals surface area contributed by atoms with Crippen LogP contribution in [0.5, 0.6) is 0 Å². The van der Waals surface area contributed by atoms with Gasteiger partial charge in [0.15, 0.2) is 5.78 Å². The number of rotatable bonds is 6. The van der Waals surface area contributed by atoms with E-state index in [4.69, 9.17) is 9.47 Å². The van der Waals surface area contributed by atoms with Crippen molar-refractivity contribution in [3.8, 4) is 0 Å². The largest absolute Gasteiger partial charge is 0.383 e. The molecule has 0 aromatic carbocycles. The molecule has 0 spiro atoms. The van der Waals surface area contributed by atoms with Gasteiger partial charge in [0.05, 0.1) is 31.9 Å². The fourth-order valence-corrected chi connectivity index (χ4v) is 4.70. The zero-order valence-electron chi connectivity index (χ0n) is 16.1. The molecule has 3 unspecified atom stereocenters. The van der Waals surface area contributed by atoms with Crippen molar-refractivity contribution in [2.75, 3.05) is 33.4 Å². The van der Waals surface area contributed by atoms with Gasteiger partial charge in [0, 0.05) is 36.6 Å². The fourth-order valence-electron chi connectivity index (χ4n) is 4.70. The summed E-state index contributed by atoms with van der Waals surface area (Å²) >= 11 is 0. The van der Waals surface area contributed by atoms with Crippen LogP contribution in [0.4, 0.5) is 0 Å². The van der Waals surface area contributed by atoms with Gasteiger partial charge in [-0.1, -0.05) is 12.8 Å². The van der Waals surface area contributed by atoms with Gasteiger partial charge in [-0.2, -0.15) is 0 Å². The minimum Gasteiger partial charge on any atom is -0.383 e. The van der Waals surface area contributed by atoms with E-state index in [0.717, 1.165) is 42.9 Å². The van der Waals surface area contributed by atoms with Gasteiger partial charge in [0.1, 0.15) is 0 Å². The lowest BCUT2D eigenvalue weighted by Crippen LogP contribution is -2.54. The first-order valence-electron chi connectivity index (χ1n) is 9.59. The van der Waals surface area contributed by atoms with E-state index in [1.54, 1.807) is 7.11 Å². The molecule has 3 atom stereocenters. The quantitative estimate of drug-likeness (QED) is 0.741. The van der Waals surface area contributed by atoms with E-state index in [-0.39, 0.29) is 11.8 Å². The Balaban J connectivity index is 1.74. The molecule has 0 amide bonds. The zero-order valence-corrected chi connectivity index (χ0v) is 16.1. The fraction of sp³-hybridized carbons (Fsp3) is 0.750. The maximum absolute atomic E-state index is 13.0. The average molecular weight is 348 g/mol. The predicted molar refractivity (Wildman–Crippen MR) is 98.4 cm³/mol. The molecule has 0 N–H and O–H groups in total. The number of carbonyl (C=O) groups is 1. The number of methoxy groups -OCH3 is 1. The SMILES string of the molecule is COCC(C)n1c(C)cc(C(=O)CN2CCOC3CCCCC32)c1C. The molecule has 0 bridgehead atoms. The number of hydrogen-bond donors (Lipinski definition) is 0. The number of aryl methyl sites for hydroxylation is 1. The predicted octanol–water partition coefficient (Wildman–Crippen LogP) is 3.14. The van der Waals surface area contributed by atoms with Crippen LogP contribution in [-0.2, 0) is 9.47 Å². The lowest BCUT2D eigenvalue weighted by Gasteiger charge is -2.43. The number of fused-ring (bicyclic) bond motifs is 1. The molecular weight excluding hydrogens is 316 g/mol. The maximum atomic E-state index is 13.0. The highest BCUT2D eigenvalue weighted by Gasteiger charge is 2.35. The van der Waals surface area contributed by atoms with Gasteiger partial charge in [0.25, 0.3) is 0 Å². The van der Waals surface area contributed by atoms with Crippen molar-refractivity contribution in [1.82, 2.24) is 9.47 Å². The molecule has 140 valence electrons. The summed E-state index contributed by atoms with van der Waals surface area (Å²) in [5.41, 5.74) is 3.04. The van der Waals surface area contributed by atoms with Crippen LogP contribution >= 0.6 is 0 Å². The van der Waals surface area contributed by atoms with Crippen LogP contribution in [0.25, 0.3) is 0 Å². The molecule has 5 heteroatoms. The molecule has 2 heterocycles. The van der Waals surface area contributed by atoms with Crippen LogP contribution in [-0.4, -0.2) is 60.8 Å². The summed E-state index contributed by atoms with van der Waals surface area (Å²) in [5.74, 6) is 0.232. The molecule has 25 heavy (non-hydrogen) atoms. The van der Waals surface area contributed by atoms with Gasteiger partial charge in [-0.05, 0) is 39.7 Å². The topological polar surface area (TPSA) is 43.7 Å². The highest BCUT2D eigenvalue weighted by atomic mass is 16.5. The van der Waals surface area contributed by atoms with Gasteiger partial charge < -0.3 is 14.0 Å². The van der Waals surface area contributed by atoms with E-state index in [1.807, 2.05) is 6.07 Å². The summed E-state index contributed by atoms with van der Waals surface area (Å²) in [4.78, 5) is 15.4. The van der Waals surface area contributed by atoms with Crippen LogP contribution in [0.2, 0.25) is 0 Å². The number of ketones is 1. The van der Waals surface area contributed by atoms with Crippen molar-refractivity contribution in [2.45, 2.75) is 64.6 Å². The van der Waals surface area contributed by atoms with Gasteiger partial charge in [0.2, 0.25) is 0 Å². The van der Waals surface area contributed by atoms with Crippen molar-refractivity contribution in [1.29, 1.82) is 0 Å². The van der Waals surface area contributed by atoms with Crippen LogP contribution in [0, 0.1) is 13.8 Å². The van der Waals surface area contributed by atoms with Crippen LogP contribution in [0.3, 0.4) is 0 Å². The molecule has 2 aliphatic rings. The van der Waals surface area contributed by atoms with E-state index in [1.165, 1.54) is 12.8 Å². The van der Waals surface area contributed by atoms with Crippen molar-refractivity contribution < 1.29 is 14.3 Å². The molecule has 1 aliphatic heterocycles. The Labute approximate surface area is 151 Å². The summed E-state index contributed by atoms with van der Waals surface area (Å²) in [6, 6.07) is 2.70. The van der Waals surface area contributed by atoms with Crippen molar-refractivity contribution in [3.05, 3.63) is 23.0 Å². The molecule has 5 nitrogen and oxygen atoms in total. The Morgan fingerprint density at radius 3 is 2.88 bits per heavy atom. The molecule has 2 fully saturated rings. The van der Waals surface area contributed by atoms with E-state index in [0.29, 0.717) is 25.3 Å². The highest BCUT2D eigenvalue weighted by molar-refractivity contribution is 5.99. The van der Waals surface area contributed by atoms with Crippen molar-refractivity contribution in [3.63, 3.8) is 0 Å². The summed E-state index contributed by atoms with van der Waals surface area (Å²) in [7, 11) is 1.72. The lowest BCUT2D eigenvalue weighted by molar-refractivity contribution is -0.0846. The Kier molecular flexibility index (Phi) is 5.97. The van der Waals surface area contributed by atoms with Crippen LogP contribution < -0.4 is 0 Å². The summed E-state index contributed by atoms with van der Waals surface area (Å²) in [6.45, 7) is 9.03. The number of ether oxygens (including phenoxy) is 2. The first-order valence-corrected chi connectivity index (χ1v) is 9.59.